The second-order valence-electron chi connectivity index (χ2n) is 5.02. The van der Waals surface area contributed by atoms with E-state index >= 15 is 0 Å². The van der Waals surface area contributed by atoms with E-state index in [2.05, 4.69) is 4.74 Å². The van der Waals surface area contributed by atoms with E-state index < -0.39 is 42.4 Å². The van der Waals surface area contributed by atoms with Crippen LogP contribution in [0.5, 0.6) is 0 Å². The number of hydrogen-bond acceptors (Lipinski definition) is 3. The number of likely N-dealkylation sites (N-methyl/N-ethyl adjacent to an activating group) is 1. The van der Waals surface area contributed by atoms with E-state index in [-0.39, 0.29) is 10.6 Å². The molecule has 0 aliphatic rings. The largest absolute Gasteiger partial charge is 0.449 e. The number of hydrogen-bond donors (Lipinski definition) is 0. The van der Waals surface area contributed by atoms with Crippen molar-refractivity contribution >= 4 is 23.5 Å². The van der Waals surface area contributed by atoms with E-state index in [0.29, 0.717) is 11.0 Å². The molecule has 1 unspecified atom stereocenters. The zero-order valence-corrected chi connectivity index (χ0v) is 13.6. The molecule has 0 aliphatic heterocycles. The lowest BCUT2D eigenvalue weighted by molar-refractivity contribution is -0.189. The number of carbonyl (C=O) groups excluding carboxylic acids is 2. The van der Waals surface area contributed by atoms with Gasteiger partial charge in [0.25, 0.3) is 0 Å². The molecular formula is C14H12ClF6NO3. The van der Waals surface area contributed by atoms with Gasteiger partial charge in [0, 0.05) is 12.1 Å². The Balaban J connectivity index is 2.90. The first-order valence-corrected chi connectivity index (χ1v) is 6.99. The zero-order chi connectivity index (χ0) is 19.6. The van der Waals surface area contributed by atoms with E-state index in [1.165, 1.54) is 6.92 Å². The number of nitrogens with zero attached hydrogens (tertiary/aromatic N) is 1. The van der Waals surface area contributed by atoms with Crippen LogP contribution >= 0.6 is 11.6 Å². The molecule has 1 rings (SSSR count). The number of halogens is 7. The summed E-state index contributed by atoms with van der Waals surface area (Å²) in [7, 11) is 1.08. The molecular weight excluding hydrogens is 380 g/mol. The number of carbonyl (C=O) groups is 2. The number of esters is 1. The van der Waals surface area contributed by atoms with Crippen molar-refractivity contribution in [2.24, 2.45) is 0 Å². The lowest BCUT2D eigenvalue weighted by Crippen LogP contribution is -2.37. The minimum absolute atomic E-state index is 0.0779. The summed E-state index contributed by atoms with van der Waals surface area (Å²) in [4.78, 5) is 23.8. The molecule has 1 amide bonds. The van der Waals surface area contributed by atoms with Gasteiger partial charge in [0.1, 0.15) is 0 Å². The highest BCUT2D eigenvalue weighted by molar-refractivity contribution is 6.33. The topological polar surface area (TPSA) is 46.6 Å². The van der Waals surface area contributed by atoms with Crippen LogP contribution in [0.3, 0.4) is 0 Å². The summed E-state index contributed by atoms with van der Waals surface area (Å²) in [6.07, 6.45) is -9.41. The average molecular weight is 392 g/mol. The lowest BCUT2D eigenvalue weighted by Gasteiger charge is -2.25. The monoisotopic (exact) mass is 391 g/mol. The van der Waals surface area contributed by atoms with E-state index in [0.717, 1.165) is 19.2 Å². The second-order valence-corrected chi connectivity index (χ2v) is 5.42. The van der Waals surface area contributed by atoms with Crippen molar-refractivity contribution in [2.75, 3.05) is 13.7 Å². The molecule has 0 radical (unpaired) electrons. The third kappa shape index (κ3) is 5.80. The van der Waals surface area contributed by atoms with Gasteiger partial charge in [-0.05, 0) is 24.6 Å². The van der Waals surface area contributed by atoms with Gasteiger partial charge in [-0.15, -0.1) is 0 Å². The molecule has 11 heteroatoms. The Bertz CT molecular complexity index is 659. The highest BCUT2D eigenvalue weighted by Crippen LogP contribution is 2.34. The number of ether oxygens (including phenoxy) is 1. The average Bonchev–Trinajstić information content (AvgIpc) is 2.48. The van der Waals surface area contributed by atoms with Gasteiger partial charge < -0.3 is 9.64 Å². The second kappa shape index (κ2) is 7.51. The Morgan fingerprint density at radius 2 is 1.76 bits per heavy atom. The van der Waals surface area contributed by atoms with Crippen LogP contribution in [0, 0.1) is 0 Å². The molecule has 0 heterocycles. The minimum atomic E-state index is -4.79. The van der Waals surface area contributed by atoms with E-state index in [9.17, 15) is 35.9 Å². The summed E-state index contributed by atoms with van der Waals surface area (Å²) < 4.78 is 77.6. The lowest BCUT2D eigenvalue weighted by atomic mass is 10.0. The summed E-state index contributed by atoms with van der Waals surface area (Å²) in [6, 6.07) is 1.41. The summed E-state index contributed by atoms with van der Waals surface area (Å²) in [6.45, 7) is -0.593. The molecule has 1 aromatic rings. The molecule has 0 bridgehead atoms. The van der Waals surface area contributed by atoms with Gasteiger partial charge >= 0.3 is 24.2 Å². The molecule has 0 N–H and O–H groups in total. The number of rotatable bonds is 3. The summed E-state index contributed by atoms with van der Waals surface area (Å²) >= 11 is 5.78. The van der Waals surface area contributed by atoms with Crippen LogP contribution in [0.15, 0.2) is 18.2 Å². The number of amides is 1. The maximum absolute atomic E-state index is 12.6. The molecule has 25 heavy (non-hydrogen) atoms. The van der Waals surface area contributed by atoms with Crippen molar-refractivity contribution in [3.05, 3.63) is 34.3 Å². The summed E-state index contributed by atoms with van der Waals surface area (Å²) in [5.41, 5.74) is -0.929. The standard InChI is InChI=1S/C14H12ClF6NO3/c1-7(9-4-3-8(5-10(9)15)14(19,20)21)22(2)11(23)12(24)25-6-13(16,17)18/h3-5,7H,6H2,1-2H3. The first-order chi connectivity index (χ1) is 11.2. The number of alkyl halides is 6. The van der Waals surface area contributed by atoms with Crippen LogP contribution in [0.4, 0.5) is 26.3 Å². The van der Waals surface area contributed by atoms with Crippen LogP contribution < -0.4 is 0 Å². The highest BCUT2D eigenvalue weighted by atomic mass is 35.5. The Labute approximate surface area is 143 Å². The van der Waals surface area contributed by atoms with E-state index in [1.54, 1.807) is 0 Å². The molecule has 0 aromatic heterocycles. The van der Waals surface area contributed by atoms with Gasteiger partial charge in [-0.1, -0.05) is 17.7 Å². The summed E-state index contributed by atoms with van der Waals surface area (Å²) in [5.74, 6) is -3.14. The Hall–Kier alpha value is -1.97. The van der Waals surface area contributed by atoms with Crippen LogP contribution in [-0.2, 0) is 20.5 Å². The van der Waals surface area contributed by atoms with Gasteiger partial charge in [0.05, 0.1) is 11.6 Å². The molecule has 0 aliphatic carbocycles. The van der Waals surface area contributed by atoms with E-state index in [4.69, 9.17) is 11.6 Å². The molecule has 0 saturated carbocycles. The molecule has 0 spiro atoms. The van der Waals surface area contributed by atoms with Gasteiger partial charge in [-0.3, -0.25) is 4.79 Å². The van der Waals surface area contributed by atoms with Crippen molar-refractivity contribution in [3.8, 4) is 0 Å². The van der Waals surface area contributed by atoms with Crippen molar-refractivity contribution in [1.82, 2.24) is 4.90 Å². The minimum Gasteiger partial charge on any atom is -0.449 e. The molecule has 4 nitrogen and oxygen atoms in total. The Kier molecular flexibility index (Phi) is 6.33. The molecule has 0 saturated heterocycles. The molecule has 1 atom stereocenters. The first kappa shape index (κ1) is 21.1. The van der Waals surface area contributed by atoms with Crippen LogP contribution in [0.25, 0.3) is 0 Å². The van der Waals surface area contributed by atoms with Crippen LogP contribution in [0.1, 0.15) is 24.1 Å². The number of benzene rings is 1. The Morgan fingerprint density at radius 3 is 2.20 bits per heavy atom. The van der Waals surface area contributed by atoms with Gasteiger partial charge in [-0.2, -0.15) is 26.3 Å². The SMILES string of the molecule is CC(c1ccc(C(F)(F)F)cc1Cl)N(C)C(=O)C(=O)OCC(F)(F)F. The maximum Gasteiger partial charge on any atom is 0.422 e. The molecule has 140 valence electrons. The van der Waals surface area contributed by atoms with Crippen molar-refractivity contribution < 1.29 is 40.7 Å². The first-order valence-electron chi connectivity index (χ1n) is 6.61. The quantitative estimate of drug-likeness (QED) is 0.445. The maximum atomic E-state index is 12.6. The normalized spacial score (nSPS) is 13.3. The fraction of sp³-hybridized carbons (Fsp3) is 0.429. The fourth-order valence-electron chi connectivity index (χ4n) is 1.78. The summed E-state index contributed by atoms with van der Waals surface area (Å²) in [5, 5.41) is -0.314. The van der Waals surface area contributed by atoms with Gasteiger partial charge in [0.15, 0.2) is 6.61 Å². The predicted molar refractivity (Wildman–Crippen MR) is 74.7 cm³/mol. The smallest absolute Gasteiger partial charge is 0.422 e. The Morgan fingerprint density at radius 1 is 1.20 bits per heavy atom. The van der Waals surface area contributed by atoms with Crippen molar-refractivity contribution in [1.29, 1.82) is 0 Å². The van der Waals surface area contributed by atoms with Crippen LogP contribution in [-0.4, -0.2) is 36.6 Å². The predicted octanol–water partition coefficient (Wildman–Crippen LogP) is 3.98. The zero-order valence-electron chi connectivity index (χ0n) is 12.8. The molecule has 1 aromatic carbocycles. The van der Waals surface area contributed by atoms with Gasteiger partial charge in [-0.25, -0.2) is 4.79 Å². The van der Waals surface area contributed by atoms with Crippen molar-refractivity contribution in [3.63, 3.8) is 0 Å². The molecule has 0 fully saturated rings. The fourth-order valence-corrected chi connectivity index (χ4v) is 2.12. The van der Waals surface area contributed by atoms with E-state index in [1.807, 2.05) is 0 Å². The van der Waals surface area contributed by atoms with Gasteiger partial charge in [0.2, 0.25) is 0 Å². The third-order valence-electron chi connectivity index (χ3n) is 3.22. The van der Waals surface area contributed by atoms with Crippen molar-refractivity contribution in [2.45, 2.75) is 25.3 Å². The van der Waals surface area contributed by atoms with Crippen LogP contribution in [0.2, 0.25) is 5.02 Å². The highest BCUT2D eigenvalue weighted by Gasteiger charge is 2.34. The third-order valence-corrected chi connectivity index (χ3v) is 3.55.